The number of H-pyrrole nitrogens is 1. The van der Waals surface area contributed by atoms with Crippen molar-refractivity contribution in [2.24, 2.45) is 0 Å². The minimum atomic E-state index is -0.357. The first kappa shape index (κ1) is 19.7. The van der Waals surface area contributed by atoms with Crippen LogP contribution in [0.5, 0.6) is 0 Å². The van der Waals surface area contributed by atoms with E-state index < -0.39 is 0 Å². The van der Waals surface area contributed by atoms with Gasteiger partial charge >= 0.3 is 0 Å². The highest BCUT2D eigenvalue weighted by Gasteiger charge is 2.38. The van der Waals surface area contributed by atoms with E-state index in [4.69, 9.17) is 4.98 Å². The van der Waals surface area contributed by atoms with Gasteiger partial charge in [-0.05, 0) is 38.7 Å². The van der Waals surface area contributed by atoms with Crippen molar-refractivity contribution in [2.75, 3.05) is 0 Å². The Morgan fingerprint density at radius 3 is 2.42 bits per heavy atom. The molecule has 6 rings (SSSR count). The third-order valence-corrected chi connectivity index (χ3v) is 6.71. The van der Waals surface area contributed by atoms with Gasteiger partial charge in [-0.3, -0.25) is 4.79 Å². The van der Waals surface area contributed by atoms with Crippen molar-refractivity contribution in [1.29, 1.82) is 5.26 Å². The molecule has 10 nitrogen and oxygen atoms in total. The Morgan fingerprint density at radius 2 is 1.79 bits per heavy atom. The number of nitriles is 1. The van der Waals surface area contributed by atoms with Gasteiger partial charge in [0.15, 0.2) is 11.3 Å². The van der Waals surface area contributed by atoms with E-state index in [1.165, 1.54) is 0 Å². The van der Waals surface area contributed by atoms with Gasteiger partial charge in [-0.15, -0.1) is 0 Å². The van der Waals surface area contributed by atoms with Crippen molar-refractivity contribution in [3.8, 4) is 6.07 Å². The summed E-state index contributed by atoms with van der Waals surface area (Å²) in [5, 5.41) is 14.2. The number of hydrogen-bond donors (Lipinski definition) is 1. The van der Waals surface area contributed by atoms with Crippen LogP contribution >= 0.6 is 0 Å². The Kier molecular flexibility index (Phi) is 4.50. The third kappa shape index (κ3) is 3.28. The first-order valence-electron chi connectivity index (χ1n) is 11.1. The Bertz CT molecular complexity index is 1430. The van der Waals surface area contributed by atoms with Crippen LogP contribution in [0.4, 0.5) is 0 Å². The monoisotopic (exact) mass is 439 g/mol. The van der Waals surface area contributed by atoms with Crippen molar-refractivity contribution in [1.82, 2.24) is 39.7 Å². The molecule has 3 atom stereocenters. The van der Waals surface area contributed by atoms with Gasteiger partial charge in [0.2, 0.25) is 0 Å². The van der Waals surface area contributed by atoms with E-state index >= 15 is 0 Å². The zero-order valence-electron chi connectivity index (χ0n) is 18.0. The second-order valence-corrected chi connectivity index (χ2v) is 8.78. The Labute approximate surface area is 188 Å². The molecule has 4 aromatic heterocycles. The summed E-state index contributed by atoms with van der Waals surface area (Å²) >= 11 is 0. The van der Waals surface area contributed by atoms with E-state index in [9.17, 15) is 10.1 Å². The van der Waals surface area contributed by atoms with Crippen LogP contribution in [0.3, 0.4) is 0 Å². The predicted octanol–water partition coefficient (Wildman–Crippen LogP) is 2.72. The lowest BCUT2D eigenvalue weighted by atomic mass is 9.72. The largest absolute Gasteiger partial charge is 0.310 e. The van der Waals surface area contributed by atoms with Gasteiger partial charge < -0.3 is 4.98 Å². The summed E-state index contributed by atoms with van der Waals surface area (Å²) in [4.78, 5) is 38.5. The Morgan fingerprint density at radius 1 is 1.06 bits per heavy atom. The topological polar surface area (TPSA) is 139 Å². The number of nitrogens with one attached hydrogen (secondary N) is 1. The lowest BCUT2D eigenvalue weighted by molar-refractivity contribution is 0.319. The molecule has 0 radical (unpaired) electrons. The van der Waals surface area contributed by atoms with Crippen LogP contribution in [0.1, 0.15) is 85.1 Å². The van der Waals surface area contributed by atoms with E-state index in [-0.39, 0.29) is 34.5 Å². The van der Waals surface area contributed by atoms with Crippen LogP contribution in [0.15, 0.2) is 35.6 Å². The molecule has 4 heterocycles. The van der Waals surface area contributed by atoms with Crippen molar-refractivity contribution < 1.29 is 0 Å². The molecule has 1 unspecified atom stereocenters. The van der Waals surface area contributed by atoms with Gasteiger partial charge in [0, 0.05) is 48.1 Å². The number of nitrogens with zero attached hydrogens (tertiary/aromatic N) is 8. The van der Waals surface area contributed by atoms with E-state index in [0.29, 0.717) is 17.4 Å². The molecule has 0 saturated heterocycles. The smallest absolute Gasteiger partial charge is 0.263 e. The molecule has 33 heavy (non-hydrogen) atoms. The van der Waals surface area contributed by atoms with Crippen molar-refractivity contribution in [3.05, 3.63) is 69.9 Å². The molecule has 0 bridgehead atoms. The number of rotatable bonds is 5. The van der Waals surface area contributed by atoms with Crippen LogP contribution in [-0.4, -0.2) is 39.7 Å². The van der Waals surface area contributed by atoms with Gasteiger partial charge in [0.1, 0.15) is 28.9 Å². The zero-order valence-corrected chi connectivity index (χ0v) is 18.0. The summed E-state index contributed by atoms with van der Waals surface area (Å²) in [5.74, 6) is 2.77. The number of aromatic nitrogens is 8. The zero-order chi connectivity index (χ0) is 22.5. The summed E-state index contributed by atoms with van der Waals surface area (Å²) in [7, 11) is 0. The van der Waals surface area contributed by atoms with Crippen LogP contribution < -0.4 is 5.56 Å². The SMILES string of the molecule is CC(c1cnc(C2CC2)nc1)n1nc(C#N)c2c(=O)[nH]c([C@H]3CC[C@@H]3c3ncccn3)nc21. The minimum Gasteiger partial charge on any atom is -0.310 e. The summed E-state index contributed by atoms with van der Waals surface area (Å²) in [6, 6.07) is 3.53. The average molecular weight is 439 g/mol. The summed E-state index contributed by atoms with van der Waals surface area (Å²) < 4.78 is 1.63. The molecule has 2 aliphatic carbocycles. The fraction of sp³-hybridized carbons (Fsp3) is 0.391. The predicted molar refractivity (Wildman–Crippen MR) is 117 cm³/mol. The minimum absolute atomic E-state index is 0.00912. The summed E-state index contributed by atoms with van der Waals surface area (Å²) in [6.07, 6.45) is 11.1. The summed E-state index contributed by atoms with van der Waals surface area (Å²) in [5.41, 5.74) is 0.939. The molecule has 0 amide bonds. The molecule has 0 spiro atoms. The molecule has 0 aliphatic heterocycles. The van der Waals surface area contributed by atoms with E-state index in [1.807, 2.05) is 13.0 Å². The quantitative estimate of drug-likeness (QED) is 0.501. The second-order valence-electron chi connectivity index (χ2n) is 8.78. The maximum atomic E-state index is 13.0. The second kappa shape index (κ2) is 7.55. The highest BCUT2D eigenvalue weighted by Crippen LogP contribution is 2.46. The number of fused-ring (bicyclic) bond motifs is 1. The van der Waals surface area contributed by atoms with Gasteiger partial charge in [-0.1, -0.05) is 0 Å². The van der Waals surface area contributed by atoms with Crippen LogP contribution in [-0.2, 0) is 0 Å². The molecule has 164 valence electrons. The van der Waals surface area contributed by atoms with Gasteiger partial charge in [0.25, 0.3) is 5.56 Å². The molecule has 2 saturated carbocycles. The van der Waals surface area contributed by atoms with Gasteiger partial charge in [0.05, 0.1) is 6.04 Å². The number of aromatic amines is 1. The molecular formula is C23H21N9O. The molecule has 1 N–H and O–H groups in total. The Hall–Kier alpha value is -4.00. The van der Waals surface area contributed by atoms with Crippen LogP contribution in [0.2, 0.25) is 0 Å². The number of hydrogen-bond acceptors (Lipinski definition) is 8. The molecule has 2 fully saturated rings. The summed E-state index contributed by atoms with van der Waals surface area (Å²) in [6.45, 7) is 1.94. The van der Waals surface area contributed by atoms with E-state index in [1.54, 1.807) is 35.5 Å². The highest BCUT2D eigenvalue weighted by atomic mass is 16.1. The van der Waals surface area contributed by atoms with Gasteiger partial charge in [-0.2, -0.15) is 10.4 Å². The first-order valence-corrected chi connectivity index (χ1v) is 11.1. The van der Waals surface area contributed by atoms with Gasteiger partial charge in [-0.25, -0.2) is 29.6 Å². The maximum absolute atomic E-state index is 13.0. The average Bonchev–Trinajstić information content (AvgIpc) is 3.59. The van der Waals surface area contributed by atoms with Crippen molar-refractivity contribution in [2.45, 2.75) is 56.4 Å². The standard InChI is InChI=1S/C23H21N9O/c1-12(14-10-27-19(28-11-14)13-3-4-13)32-22-18(17(9-24)31-32)23(33)30-21(29-22)16-6-5-15(16)20-25-7-2-8-26-20/h2,7-8,10-13,15-16H,3-6H2,1H3,(H,29,30,33)/t12?,15-,16-/m0/s1. The van der Waals surface area contributed by atoms with Crippen molar-refractivity contribution in [3.63, 3.8) is 0 Å². The molecule has 10 heteroatoms. The van der Waals surface area contributed by atoms with Crippen LogP contribution in [0, 0.1) is 11.3 Å². The first-order chi connectivity index (χ1) is 16.1. The van der Waals surface area contributed by atoms with E-state index in [2.05, 4.69) is 30.0 Å². The van der Waals surface area contributed by atoms with E-state index in [0.717, 1.165) is 42.9 Å². The molecular weight excluding hydrogens is 418 g/mol. The lowest BCUT2D eigenvalue weighted by Gasteiger charge is -2.34. The fourth-order valence-corrected chi connectivity index (χ4v) is 4.48. The molecule has 4 aromatic rings. The van der Waals surface area contributed by atoms with Crippen LogP contribution in [0.25, 0.3) is 11.0 Å². The normalized spacial score (nSPS) is 20.8. The van der Waals surface area contributed by atoms with Crippen molar-refractivity contribution >= 4 is 11.0 Å². The maximum Gasteiger partial charge on any atom is 0.263 e. The third-order valence-electron chi connectivity index (χ3n) is 6.71. The molecule has 0 aromatic carbocycles. The molecule has 2 aliphatic rings. The fourth-order valence-electron chi connectivity index (χ4n) is 4.48. The Balaban J connectivity index is 1.41. The lowest BCUT2D eigenvalue weighted by Crippen LogP contribution is -2.28. The highest BCUT2D eigenvalue weighted by molar-refractivity contribution is 5.80.